The summed E-state index contributed by atoms with van der Waals surface area (Å²) in [5.41, 5.74) is 1.53. The molecule has 0 unspecified atom stereocenters. The molecule has 9 nitrogen and oxygen atoms in total. The molecule has 0 saturated heterocycles. The largest absolute Gasteiger partial charge is 0.494 e. The van der Waals surface area contributed by atoms with Gasteiger partial charge in [0.15, 0.2) is 0 Å². The average molecular weight is 584 g/mol. The van der Waals surface area contributed by atoms with E-state index in [-0.39, 0.29) is 22.4 Å². The third kappa shape index (κ3) is 9.64. The number of aromatic carboxylic acids is 2. The van der Waals surface area contributed by atoms with E-state index in [1.165, 1.54) is 42.5 Å². The smallest absolute Gasteiger partial charge is 0.335 e. The summed E-state index contributed by atoms with van der Waals surface area (Å²) < 4.78 is 17.5. The van der Waals surface area contributed by atoms with Gasteiger partial charge in [-0.25, -0.2) is 9.59 Å². The molecular weight excluding hydrogens is 550 g/mol. The van der Waals surface area contributed by atoms with Crippen molar-refractivity contribution in [2.24, 2.45) is 0 Å². The third-order valence-electron chi connectivity index (χ3n) is 6.45. The van der Waals surface area contributed by atoms with Crippen LogP contribution in [0.4, 0.5) is 5.69 Å². The molecular formula is C34H33NO8. The van der Waals surface area contributed by atoms with E-state index >= 15 is 0 Å². The maximum absolute atomic E-state index is 13.0. The molecule has 43 heavy (non-hydrogen) atoms. The van der Waals surface area contributed by atoms with E-state index in [0.29, 0.717) is 38.3 Å². The highest BCUT2D eigenvalue weighted by atomic mass is 16.5. The number of carboxylic acids is 2. The Balaban J connectivity index is 1.25. The first-order valence-corrected chi connectivity index (χ1v) is 13.9. The predicted molar refractivity (Wildman–Crippen MR) is 162 cm³/mol. The number of ether oxygens (including phenoxy) is 3. The molecule has 9 heteroatoms. The normalized spacial score (nSPS) is 10.5. The number of amides is 1. The van der Waals surface area contributed by atoms with Gasteiger partial charge in [-0.05, 0) is 98.0 Å². The van der Waals surface area contributed by atoms with E-state index in [0.717, 1.165) is 29.9 Å². The number of rotatable bonds is 16. The van der Waals surface area contributed by atoms with Crippen LogP contribution in [0.1, 0.15) is 55.9 Å². The van der Waals surface area contributed by atoms with Crippen LogP contribution >= 0.6 is 0 Å². The van der Waals surface area contributed by atoms with E-state index in [1.54, 1.807) is 0 Å². The molecule has 4 aromatic rings. The van der Waals surface area contributed by atoms with Gasteiger partial charge in [0.25, 0.3) is 5.91 Å². The second-order valence-electron chi connectivity index (χ2n) is 9.67. The minimum absolute atomic E-state index is 0.0562. The number of hydrogen-bond acceptors (Lipinski definition) is 6. The summed E-state index contributed by atoms with van der Waals surface area (Å²) >= 11 is 0. The lowest BCUT2D eigenvalue weighted by atomic mass is 10.1. The molecule has 4 rings (SSSR count). The van der Waals surface area contributed by atoms with Gasteiger partial charge in [-0.1, -0.05) is 30.3 Å². The summed E-state index contributed by atoms with van der Waals surface area (Å²) in [7, 11) is 0. The van der Waals surface area contributed by atoms with Crippen LogP contribution in [0.2, 0.25) is 0 Å². The molecule has 0 fully saturated rings. The lowest BCUT2D eigenvalue weighted by Gasteiger charge is -2.13. The van der Waals surface area contributed by atoms with Gasteiger partial charge in [0.2, 0.25) is 0 Å². The maximum atomic E-state index is 13.0. The third-order valence-corrected chi connectivity index (χ3v) is 6.45. The van der Waals surface area contributed by atoms with Crippen LogP contribution in [0.3, 0.4) is 0 Å². The first-order chi connectivity index (χ1) is 20.9. The monoisotopic (exact) mass is 583 g/mol. The first kappa shape index (κ1) is 30.6. The summed E-state index contributed by atoms with van der Waals surface area (Å²) in [4.78, 5) is 35.6. The molecule has 0 aromatic heterocycles. The van der Waals surface area contributed by atoms with Crippen molar-refractivity contribution >= 4 is 23.5 Å². The lowest BCUT2D eigenvalue weighted by molar-refractivity contribution is 0.0686. The Morgan fingerprint density at radius 3 is 1.93 bits per heavy atom. The number of nitrogens with one attached hydrogen (secondary N) is 1. The fourth-order valence-electron chi connectivity index (χ4n) is 4.21. The topological polar surface area (TPSA) is 131 Å². The lowest BCUT2D eigenvalue weighted by Crippen LogP contribution is -2.15. The van der Waals surface area contributed by atoms with Crippen molar-refractivity contribution in [1.82, 2.24) is 0 Å². The molecule has 4 aromatic carbocycles. The number of anilines is 1. The zero-order valence-corrected chi connectivity index (χ0v) is 23.5. The van der Waals surface area contributed by atoms with Crippen molar-refractivity contribution < 1.29 is 38.8 Å². The van der Waals surface area contributed by atoms with Gasteiger partial charge in [-0.2, -0.15) is 0 Å². The fourth-order valence-corrected chi connectivity index (χ4v) is 4.21. The number of para-hydroxylation sites is 1. The number of hydrogen-bond donors (Lipinski definition) is 3. The van der Waals surface area contributed by atoms with Crippen molar-refractivity contribution in [3.05, 3.63) is 119 Å². The predicted octanol–water partition coefficient (Wildman–Crippen LogP) is 6.58. The van der Waals surface area contributed by atoms with Crippen LogP contribution in [-0.2, 0) is 6.42 Å². The minimum atomic E-state index is -1.17. The highest BCUT2D eigenvalue weighted by Gasteiger charge is 2.17. The van der Waals surface area contributed by atoms with Gasteiger partial charge in [-0.3, -0.25) is 4.79 Å². The van der Waals surface area contributed by atoms with E-state index in [9.17, 15) is 19.5 Å². The number of unbranched alkanes of at least 4 members (excludes halogenated alkanes) is 1. The van der Waals surface area contributed by atoms with Gasteiger partial charge in [-0.15, -0.1) is 0 Å². The van der Waals surface area contributed by atoms with Gasteiger partial charge >= 0.3 is 11.9 Å². The summed E-state index contributed by atoms with van der Waals surface area (Å²) in [6, 6.07) is 27.3. The van der Waals surface area contributed by atoms with Gasteiger partial charge in [0.05, 0.1) is 36.5 Å². The Morgan fingerprint density at radius 2 is 1.23 bits per heavy atom. The van der Waals surface area contributed by atoms with Crippen LogP contribution in [-0.4, -0.2) is 47.9 Å². The minimum Gasteiger partial charge on any atom is -0.494 e. The number of aryl methyl sites for hydroxylation is 1. The zero-order chi connectivity index (χ0) is 30.4. The van der Waals surface area contributed by atoms with Crippen LogP contribution < -0.4 is 19.5 Å². The van der Waals surface area contributed by atoms with Crippen molar-refractivity contribution in [2.75, 3.05) is 25.1 Å². The molecule has 0 atom stereocenters. The molecule has 0 aliphatic carbocycles. The number of carbonyl (C=O) groups is 3. The summed E-state index contributed by atoms with van der Waals surface area (Å²) in [6.45, 7) is 1.52. The van der Waals surface area contributed by atoms with Crippen LogP contribution in [0.5, 0.6) is 17.2 Å². The molecule has 0 radical (unpaired) electrons. The summed E-state index contributed by atoms with van der Waals surface area (Å²) in [5, 5.41) is 21.1. The van der Waals surface area contributed by atoms with Crippen molar-refractivity contribution in [3.8, 4) is 17.2 Å². The van der Waals surface area contributed by atoms with E-state index in [1.807, 2.05) is 54.6 Å². The standard InChI is InChI=1S/C34H33NO8/c36-32(35-27-16-13-25(14-17-27)33(37)38)30-23-26(34(39)40)15-18-31(30)43-21-7-9-24-8-6-12-29(22-24)42-20-5-4-19-41-28-10-2-1-3-11-28/h1-3,6,8,10-18,22-23H,4-5,7,9,19-21H2,(H,35,36)(H,37,38)(H,39,40). The Bertz CT molecular complexity index is 1520. The maximum Gasteiger partial charge on any atom is 0.335 e. The van der Waals surface area contributed by atoms with E-state index in [4.69, 9.17) is 19.3 Å². The SMILES string of the molecule is O=C(O)c1ccc(NC(=O)c2cc(C(=O)O)ccc2OCCCc2cccc(OCCCCOc3ccccc3)c2)cc1. The second-order valence-corrected chi connectivity index (χ2v) is 9.67. The quantitative estimate of drug-likeness (QED) is 0.126. The molecule has 0 heterocycles. The van der Waals surface area contributed by atoms with Gasteiger partial charge in [0.1, 0.15) is 17.2 Å². The van der Waals surface area contributed by atoms with Crippen LogP contribution in [0.15, 0.2) is 97.1 Å². The molecule has 0 spiro atoms. The number of benzene rings is 4. The van der Waals surface area contributed by atoms with Crippen molar-refractivity contribution in [1.29, 1.82) is 0 Å². The Kier molecular flexibility index (Phi) is 11.1. The number of carbonyl (C=O) groups excluding carboxylic acids is 1. The fraction of sp³-hybridized carbons (Fsp3) is 0.206. The van der Waals surface area contributed by atoms with E-state index < -0.39 is 17.8 Å². The highest BCUT2D eigenvalue weighted by molar-refractivity contribution is 6.07. The van der Waals surface area contributed by atoms with Gasteiger partial charge in [0, 0.05) is 5.69 Å². The zero-order valence-electron chi connectivity index (χ0n) is 23.5. The summed E-state index contributed by atoms with van der Waals surface area (Å²) in [5.74, 6) is -0.920. The second kappa shape index (κ2) is 15.6. The van der Waals surface area contributed by atoms with E-state index in [2.05, 4.69) is 5.32 Å². The molecule has 222 valence electrons. The van der Waals surface area contributed by atoms with Crippen molar-refractivity contribution in [2.45, 2.75) is 25.7 Å². The highest BCUT2D eigenvalue weighted by Crippen LogP contribution is 2.23. The Hall–Kier alpha value is -5.31. The Morgan fingerprint density at radius 1 is 0.605 bits per heavy atom. The van der Waals surface area contributed by atoms with Gasteiger partial charge < -0.3 is 29.7 Å². The molecule has 0 aliphatic heterocycles. The molecule has 0 saturated carbocycles. The van der Waals surface area contributed by atoms with Crippen LogP contribution in [0, 0.1) is 0 Å². The van der Waals surface area contributed by atoms with Crippen LogP contribution in [0.25, 0.3) is 0 Å². The first-order valence-electron chi connectivity index (χ1n) is 13.9. The van der Waals surface area contributed by atoms with Crippen molar-refractivity contribution in [3.63, 3.8) is 0 Å². The summed E-state index contributed by atoms with van der Waals surface area (Å²) in [6.07, 6.45) is 3.12. The molecule has 1 amide bonds. The molecule has 3 N–H and O–H groups in total. The molecule has 0 bridgehead atoms. The number of carboxylic acid groups (broad SMARTS) is 2. The average Bonchev–Trinajstić information content (AvgIpc) is 3.02. The Labute approximate surface area is 249 Å². The molecule has 0 aliphatic rings.